The molecule has 0 saturated carbocycles. The van der Waals surface area contributed by atoms with Gasteiger partial charge in [0, 0.05) is 36.7 Å². The van der Waals surface area contributed by atoms with Gasteiger partial charge in [-0.15, -0.1) is 0 Å². The van der Waals surface area contributed by atoms with Crippen LogP contribution in [0.2, 0.25) is 0 Å². The molecule has 0 N–H and O–H groups in total. The summed E-state index contributed by atoms with van der Waals surface area (Å²) in [5, 5.41) is 0. The normalized spacial score (nSPS) is 17.5. The number of aryl methyl sites for hydroxylation is 2. The summed E-state index contributed by atoms with van der Waals surface area (Å²) in [5.41, 5.74) is 4.10. The van der Waals surface area contributed by atoms with Gasteiger partial charge in [-0.2, -0.15) is 4.31 Å². The number of benzene rings is 1. The first-order chi connectivity index (χ1) is 14.9. The van der Waals surface area contributed by atoms with E-state index in [0.717, 1.165) is 22.4 Å². The second-order valence-electron chi connectivity index (χ2n) is 7.43. The summed E-state index contributed by atoms with van der Waals surface area (Å²) in [4.78, 5) is 12.9. The van der Waals surface area contributed by atoms with Crippen molar-refractivity contribution in [2.75, 3.05) is 26.8 Å². The lowest BCUT2D eigenvalue weighted by atomic mass is 10.1. The monoisotopic (exact) mass is 440 g/mol. The second kappa shape index (κ2) is 8.70. The molecule has 1 aliphatic heterocycles. The Hall–Kier alpha value is -2.88. The summed E-state index contributed by atoms with van der Waals surface area (Å²) < 4.78 is 39.5. The highest BCUT2D eigenvalue weighted by atomic mass is 32.2. The lowest BCUT2D eigenvalue weighted by Crippen LogP contribution is -2.42. The first-order valence-corrected chi connectivity index (χ1v) is 11.3. The van der Waals surface area contributed by atoms with E-state index < -0.39 is 16.1 Å². The highest BCUT2D eigenvalue weighted by Crippen LogP contribution is 2.32. The van der Waals surface area contributed by atoms with Crippen LogP contribution < -0.4 is 4.74 Å². The molecule has 3 heterocycles. The van der Waals surface area contributed by atoms with Crippen molar-refractivity contribution < 1.29 is 17.9 Å². The first kappa shape index (κ1) is 21.4. The number of rotatable bonds is 5. The van der Waals surface area contributed by atoms with Gasteiger partial charge in [-0.05, 0) is 49.2 Å². The number of hydrogen-bond acceptors (Lipinski definition) is 7. The SMILES string of the molecule is COc1ccc(C)cc1S(=O)(=O)N1CCO[C@H](c2cc(-c3cncnc3)cc(C)n2)C1. The number of sulfonamides is 1. The molecule has 8 nitrogen and oxygen atoms in total. The van der Waals surface area contributed by atoms with Crippen LogP contribution in [0.4, 0.5) is 0 Å². The predicted octanol–water partition coefficient (Wildman–Crippen LogP) is 2.93. The van der Waals surface area contributed by atoms with Crippen molar-refractivity contribution in [1.82, 2.24) is 19.3 Å². The molecule has 0 unspecified atom stereocenters. The van der Waals surface area contributed by atoms with Crippen LogP contribution in [0.25, 0.3) is 11.1 Å². The minimum absolute atomic E-state index is 0.162. The van der Waals surface area contributed by atoms with E-state index in [2.05, 4.69) is 15.0 Å². The quantitative estimate of drug-likeness (QED) is 0.602. The van der Waals surface area contributed by atoms with Crippen molar-refractivity contribution in [3.05, 3.63) is 66.0 Å². The summed E-state index contributed by atoms with van der Waals surface area (Å²) >= 11 is 0. The Morgan fingerprint density at radius 3 is 2.61 bits per heavy atom. The average Bonchev–Trinajstić information content (AvgIpc) is 2.79. The Labute approximate surface area is 182 Å². The number of methoxy groups -OCH3 is 1. The molecule has 0 amide bonds. The van der Waals surface area contributed by atoms with E-state index in [-0.39, 0.29) is 24.6 Å². The fourth-order valence-corrected chi connectivity index (χ4v) is 5.29. The molecule has 1 fully saturated rings. The van der Waals surface area contributed by atoms with Gasteiger partial charge in [-0.25, -0.2) is 18.4 Å². The predicted molar refractivity (Wildman–Crippen MR) is 115 cm³/mol. The number of pyridine rings is 1. The Morgan fingerprint density at radius 2 is 1.87 bits per heavy atom. The molecule has 1 aliphatic rings. The van der Waals surface area contributed by atoms with Crippen LogP contribution in [0, 0.1) is 13.8 Å². The van der Waals surface area contributed by atoms with E-state index in [1.54, 1.807) is 24.5 Å². The third-order valence-electron chi connectivity index (χ3n) is 5.16. The maximum atomic E-state index is 13.4. The number of aromatic nitrogens is 3. The minimum Gasteiger partial charge on any atom is -0.495 e. The first-order valence-electron chi connectivity index (χ1n) is 9.89. The Balaban J connectivity index is 1.65. The maximum Gasteiger partial charge on any atom is 0.246 e. The summed E-state index contributed by atoms with van der Waals surface area (Å²) in [6, 6.07) is 8.98. The molecule has 1 saturated heterocycles. The molecule has 2 aromatic heterocycles. The third kappa shape index (κ3) is 4.43. The summed E-state index contributed by atoms with van der Waals surface area (Å²) in [6.07, 6.45) is 4.45. The molecule has 0 radical (unpaired) electrons. The van der Waals surface area contributed by atoms with Gasteiger partial charge in [-0.3, -0.25) is 4.98 Å². The Morgan fingerprint density at radius 1 is 1.10 bits per heavy atom. The smallest absolute Gasteiger partial charge is 0.246 e. The van der Waals surface area contributed by atoms with Crippen molar-refractivity contribution in [2.24, 2.45) is 0 Å². The highest BCUT2D eigenvalue weighted by molar-refractivity contribution is 7.89. The maximum absolute atomic E-state index is 13.4. The number of morpholine rings is 1. The zero-order chi connectivity index (χ0) is 22.0. The van der Waals surface area contributed by atoms with Crippen molar-refractivity contribution in [3.8, 4) is 16.9 Å². The number of nitrogens with zero attached hydrogens (tertiary/aromatic N) is 4. The Kier molecular flexibility index (Phi) is 5.99. The molecular weight excluding hydrogens is 416 g/mol. The van der Waals surface area contributed by atoms with Crippen molar-refractivity contribution in [3.63, 3.8) is 0 Å². The molecule has 0 bridgehead atoms. The van der Waals surface area contributed by atoms with Gasteiger partial charge < -0.3 is 9.47 Å². The Bertz CT molecular complexity index is 1190. The summed E-state index contributed by atoms with van der Waals surface area (Å²) in [7, 11) is -2.29. The van der Waals surface area contributed by atoms with Gasteiger partial charge in [0.2, 0.25) is 10.0 Å². The van der Waals surface area contributed by atoms with E-state index in [1.165, 1.54) is 17.7 Å². The molecule has 162 valence electrons. The van der Waals surface area contributed by atoms with Crippen LogP contribution in [-0.4, -0.2) is 54.5 Å². The molecule has 0 aliphatic carbocycles. The van der Waals surface area contributed by atoms with Crippen molar-refractivity contribution in [2.45, 2.75) is 24.8 Å². The van der Waals surface area contributed by atoms with Gasteiger partial charge in [0.05, 0.1) is 19.4 Å². The van der Waals surface area contributed by atoms with Crippen molar-refractivity contribution in [1.29, 1.82) is 0 Å². The van der Waals surface area contributed by atoms with Gasteiger partial charge >= 0.3 is 0 Å². The summed E-state index contributed by atoms with van der Waals surface area (Å²) in [5.74, 6) is 0.327. The molecule has 1 aromatic carbocycles. The van der Waals surface area contributed by atoms with Crippen LogP contribution in [0.3, 0.4) is 0 Å². The zero-order valence-corrected chi connectivity index (χ0v) is 18.5. The molecule has 4 rings (SSSR count). The largest absolute Gasteiger partial charge is 0.495 e. The lowest BCUT2D eigenvalue weighted by Gasteiger charge is -2.32. The van der Waals surface area contributed by atoms with Gasteiger partial charge in [0.25, 0.3) is 0 Å². The standard InChI is InChI=1S/C22H24N4O4S/c1-15-4-5-20(29-3)22(8-15)31(27,28)26-6-7-30-21(13-26)19-10-17(9-16(2)25-19)18-11-23-14-24-12-18/h4-5,8-12,14,21H,6-7,13H2,1-3H3/t21-/m0/s1. The van der Waals surface area contributed by atoms with Gasteiger partial charge in [0.15, 0.2) is 0 Å². The van der Waals surface area contributed by atoms with E-state index >= 15 is 0 Å². The van der Waals surface area contributed by atoms with Crippen LogP contribution in [0.15, 0.2) is 53.9 Å². The minimum atomic E-state index is -3.76. The topological polar surface area (TPSA) is 94.5 Å². The molecular formula is C22H24N4O4S. The van der Waals surface area contributed by atoms with Gasteiger partial charge in [-0.1, -0.05) is 6.07 Å². The third-order valence-corrected chi connectivity index (χ3v) is 7.05. The second-order valence-corrected chi connectivity index (χ2v) is 9.33. The lowest BCUT2D eigenvalue weighted by molar-refractivity contribution is -0.00501. The van der Waals surface area contributed by atoms with Gasteiger partial charge in [0.1, 0.15) is 23.1 Å². The van der Waals surface area contributed by atoms with Crippen LogP contribution in [0.1, 0.15) is 23.1 Å². The molecule has 31 heavy (non-hydrogen) atoms. The van der Waals surface area contributed by atoms with Crippen LogP contribution in [0.5, 0.6) is 5.75 Å². The molecule has 1 atom stereocenters. The van der Waals surface area contributed by atoms with E-state index in [1.807, 2.05) is 32.0 Å². The van der Waals surface area contributed by atoms with Crippen LogP contribution >= 0.6 is 0 Å². The molecule has 0 spiro atoms. The highest BCUT2D eigenvalue weighted by Gasteiger charge is 2.34. The number of hydrogen-bond donors (Lipinski definition) is 0. The van der Waals surface area contributed by atoms with Crippen LogP contribution in [-0.2, 0) is 14.8 Å². The van der Waals surface area contributed by atoms with E-state index in [9.17, 15) is 8.42 Å². The van der Waals surface area contributed by atoms with Crippen molar-refractivity contribution >= 4 is 10.0 Å². The number of ether oxygens (including phenoxy) is 2. The molecule has 3 aromatic rings. The fraction of sp³-hybridized carbons (Fsp3) is 0.318. The fourth-order valence-electron chi connectivity index (χ4n) is 3.62. The summed E-state index contributed by atoms with van der Waals surface area (Å²) in [6.45, 7) is 4.46. The zero-order valence-electron chi connectivity index (χ0n) is 17.6. The van der Waals surface area contributed by atoms with E-state index in [0.29, 0.717) is 11.4 Å². The average molecular weight is 441 g/mol. The molecule has 9 heteroatoms. The van der Waals surface area contributed by atoms with E-state index in [4.69, 9.17) is 9.47 Å².